The fourth-order valence-electron chi connectivity index (χ4n) is 1.69. The molecule has 1 saturated carbocycles. The van der Waals surface area contributed by atoms with E-state index in [4.69, 9.17) is 5.11 Å². The zero-order chi connectivity index (χ0) is 14.1. The van der Waals surface area contributed by atoms with E-state index in [1.54, 1.807) is 0 Å². The molecule has 104 valence electrons. The maximum atomic E-state index is 11.8. The molecule has 20 heavy (non-hydrogen) atoms. The molecule has 1 fully saturated rings. The summed E-state index contributed by atoms with van der Waals surface area (Å²) in [6, 6.07) is 0. The molecule has 0 spiro atoms. The van der Waals surface area contributed by atoms with E-state index in [1.807, 2.05) is 5.38 Å². The molecular weight excluding hydrogens is 282 g/mol. The van der Waals surface area contributed by atoms with Crippen LogP contribution < -0.4 is 5.32 Å². The van der Waals surface area contributed by atoms with Crippen LogP contribution in [-0.2, 0) is 11.3 Å². The summed E-state index contributed by atoms with van der Waals surface area (Å²) < 4.78 is 1.17. The van der Waals surface area contributed by atoms with Crippen LogP contribution in [-0.4, -0.2) is 37.0 Å². The Bertz CT molecular complexity index is 661. The molecule has 0 aromatic carbocycles. The van der Waals surface area contributed by atoms with E-state index in [2.05, 4.69) is 20.6 Å². The number of carboxylic acids is 1. The molecule has 2 heterocycles. The van der Waals surface area contributed by atoms with Gasteiger partial charge >= 0.3 is 5.97 Å². The van der Waals surface area contributed by atoms with Gasteiger partial charge in [-0.15, -0.1) is 16.4 Å². The Morgan fingerprint density at radius 1 is 1.50 bits per heavy atom. The number of nitrogens with zero attached hydrogens (tertiary/aromatic N) is 4. The van der Waals surface area contributed by atoms with Gasteiger partial charge in [0.2, 0.25) is 5.91 Å². The fraction of sp³-hybridized carbons (Fsp3) is 0.364. The van der Waals surface area contributed by atoms with Gasteiger partial charge in [-0.05, 0) is 12.8 Å². The third-order valence-electron chi connectivity index (χ3n) is 2.83. The first-order valence-electron chi connectivity index (χ1n) is 6.00. The third-order valence-corrected chi connectivity index (χ3v) is 3.60. The Labute approximate surface area is 117 Å². The smallest absolute Gasteiger partial charge is 0.358 e. The summed E-state index contributed by atoms with van der Waals surface area (Å²) in [4.78, 5) is 26.7. The number of thiazole rings is 1. The maximum absolute atomic E-state index is 11.8. The van der Waals surface area contributed by atoms with Crippen LogP contribution >= 0.6 is 11.3 Å². The Balaban J connectivity index is 1.59. The molecule has 1 aliphatic carbocycles. The minimum Gasteiger partial charge on any atom is -0.476 e. The standard InChI is InChI=1S/C11H11N5O3S/c17-9(4-16-3-7(10(18)19)14-15-16)13-11-12-8(5-20-11)6-1-2-6/h3,5-6H,1-2,4H2,(H,18,19)(H,12,13,17). The van der Waals surface area contributed by atoms with Gasteiger partial charge < -0.3 is 10.4 Å². The Kier molecular flexibility index (Phi) is 3.18. The second-order valence-corrected chi connectivity index (χ2v) is 5.36. The zero-order valence-electron chi connectivity index (χ0n) is 10.3. The molecular formula is C11H11N5O3S. The third kappa shape index (κ3) is 2.82. The van der Waals surface area contributed by atoms with E-state index >= 15 is 0 Å². The number of amides is 1. The number of carbonyl (C=O) groups excluding carboxylic acids is 1. The van der Waals surface area contributed by atoms with Crippen LogP contribution in [0.1, 0.15) is 34.9 Å². The molecule has 2 N–H and O–H groups in total. The number of aromatic carboxylic acids is 1. The number of aromatic nitrogens is 4. The Hall–Kier alpha value is -2.29. The second kappa shape index (κ2) is 5.00. The van der Waals surface area contributed by atoms with E-state index < -0.39 is 5.97 Å². The van der Waals surface area contributed by atoms with Crippen molar-refractivity contribution in [2.75, 3.05) is 5.32 Å². The van der Waals surface area contributed by atoms with Gasteiger partial charge in [0.05, 0.1) is 11.9 Å². The van der Waals surface area contributed by atoms with Crippen LogP contribution in [0.2, 0.25) is 0 Å². The van der Waals surface area contributed by atoms with Crippen molar-refractivity contribution in [1.82, 2.24) is 20.0 Å². The van der Waals surface area contributed by atoms with Crippen molar-refractivity contribution >= 4 is 28.3 Å². The summed E-state index contributed by atoms with van der Waals surface area (Å²) in [7, 11) is 0. The first-order chi connectivity index (χ1) is 9.61. The molecule has 0 unspecified atom stereocenters. The number of hydrogen-bond acceptors (Lipinski definition) is 6. The molecule has 0 saturated heterocycles. The van der Waals surface area contributed by atoms with Crippen molar-refractivity contribution in [1.29, 1.82) is 0 Å². The van der Waals surface area contributed by atoms with Gasteiger partial charge in [0.15, 0.2) is 10.8 Å². The zero-order valence-corrected chi connectivity index (χ0v) is 11.1. The lowest BCUT2D eigenvalue weighted by atomic mass is 10.3. The van der Waals surface area contributed by atoms with Gasteiger partial charge in [-0.3, -0.25) is 4.79 Å². The highest BCUT2D eigenvalue weighted by Gasteiger charge is 2.26. The summed E-state index contributed by atoms with van der Waals surface area (Å²) >= 11 is 1.38. The summed E-state index contributed by atoms with van der Waals surface area (Å²) in [5.74, 6) is -0.945. The number of carboxylic acid groups (broad SMARTS) is 1. The number of hydrogen-bond donors (Lipinski definition) is 2. The largest absolute Gasteiger partial charge is 0.476 e. The first-order valence-corrected chi connectivity index (χ1v) is 6.88. The SMILES string of the molecule is O=C(Cn1cc(C(=O)O)nn1)Nc1nc(C2CC2)cs1. The van der Waals surface area contributed by atoms with Crippen molar-refractivity contribution in [3.8, 4) is 0 Å². The molecule has 2 aromatic rings. The van der Waals surface area contributed by atoms with E-state index in [0.29, 0.717) is 11.0 Å². The molecule has 0 atom stereocenters. The van der Waals surface area contributed by atoms with Crippen LogP contribution in [0.25, 0.3) is 0 Å². The molecule has 0 bridgehead atoms. The molecule has 1 aliphatic rings. The molecule has 1 amide bonds. The highest BCUT2D eigenvalue weighted by molar-refractivity contribution is 7.13. The summed E-state index contributed by atoms with van der Waals surface area (Å²) in [6.07, 6.45) is 3.53. The fourth-order valence-corrected chi connectivity index (χ4v) is 2.50. The lowest BCUT2D eigenvalue weighted by Crippen LogP contribution is -2.19. The quantitative estimate of drug-likeness (QED) is 0.849. The van der Waals surface area contributed by atoms with Gasteiger partial charge in [0, 0.05) is 11.3 Å². The predicted molar refractivity (Wildman–Crippen MR) is 69.7 cm³/mol. The highest BCUT2D eigenvalue weighted by Crippen LogP contribution is 2.40. The van der Waals surface area contributed by atoms with E-state index in [9.17, 15) is 9.59 Å². The minimum absolute atomic E-state index is 0.0986. The van der Waals surface area contributed by atoms with Gasteiger partial charge in [0.25, 0.3) is 0 Å². The average Bonchev–Trinajstić information content (AvgIpc) is 2.96. The van der Waals surface area contributed by atoms with E-state index in [-0.39, 0.29) is 18.1 Å². The van der Waals surface area contributed by atoms with Gasteiger partial charge in [-0.25, -0.2) is 14.5 Å². The number of anilines is 1. The number of nitrogens with one attached hydrogen (secondary N) is 1. The van der Waals surface area contributed by atoms with E-state index in [1.165, 1.54) is 22.2 Å². The van der Waals surface area contributed by atoms with Gasteiger partial charge in [0.1, 0.15) is 6.54 Å². The number of rotatable bonds is 5. The summed E-state index contributed by atoms with van der Waals surface area (Å²) in [6.45, 7) is -0.0986. The minimum atomic E-state index is -1.18. The lowest BCUT2D eigenvalue weighted by Gasteiger charge is -2.00. The highest BCUT2D eigenvalue weighted by atomic mass is 32.1. The summed E-state index contributed by atoms with van der Waals surface area (Å²) in [5, 5.41) is 20.9. The monoisotopic (exact) mass is 293 g/mol. The van der Waals surface area contributed by atoms with Crippen LogP contribution in [0.3, 0.4) is 0 Å². The van der Waals surface area contributed by atoms with Crippen molar-refractivity contribution < 1.29 is 14.7 Å². The van der Waals surface area contributed by atoms with Crippen molar-refractivity contribution in [3.63, 3.8) is 0 Å². The number of carbonyl (C=O) groups is 2. The van der Waals surface area contributed by atoms with Gasteiger partial charge in [-0.2, -0.15) is 0 Å². The van der Waals surface area contributed by atoms with Crippen LogP contribution in [0.5, 0.6) is 0 Å². The molecule has 8 nitrogen and oxygen atoms in total. The van der Waals surface area contributed by atoms with Crippen LogP contribution in [0, 0.1) is 0 Å². The molecule has 2 aromatic heterocycles. The second-order valence-electron chi connectivity index (χ2n) is 4.51. The Morgan fingerprint density at radius 3 is 2.95 bits per heavy atom. The van der Waals surface area contributed by atoms with Gasteiger partial charge in [-0.1, -0.05) is 5.21 Å². The summed E-state index contributed by atoms with van der Waals surface area (Å²) in [5.41, 5.74) is 0.835. The molecule has 9 heteroatoms. The normalized spacial score (nSPS) is 14.2. The van der Waals surface area contributed by atoms with Crippen molar-refractivity contribution in [3.05, 3.63) is 23.0 Å². The van der Waals surface area contributed by atoms with Crippen LogP contribution in [0.4, 0.5) is 5.13 Å². The van der Waals surface area contributed by atoms with Crippen LogP contribution in [0.15, 0.2) is 11.6 Å². The topological polar surface area (TPSA) is 110 Å². The predicted octanol–water partition coefficient (Wildman–Crippen LogP) is 0.949. The molecule has 0 aliphatic heterocycles. The van der Waals surface area contributed by atoms with E-state index in [0.717, 1.165) is 18.5 Å². The average molecular weight is 293 g/mol. The lowest BCUT2D eigenvalue weighted by molar-refractivity contribution is -0.116. The molecule has 0 radical (unpaired) electrons. The van der Waals surface area contributed by atoms with Crippen molar-refractivity contribution in [2.45, 2.75) is 25.3 Å². The van der Waals surface area contributed by atoms with Crippen molar-refractivity contribution in [2.24, 2.45) is 0 Å². The molecule has 3 rings (SSSR count). The Morgan fingerprint density at radius 2 is 2.30 bits per heavy atom. The maximum Gasteiger partial charge on any atom is 0.358 e. The first kappa shape index (κ1) is 12.7.